The number of fused-ring (bicyclic) bond motifs is 1. The highest BCUT2D eigenvalue weighted by molar-refractivity contribution is 5.99. The summed E-state index contributed by atoms with van der Waals surface area (Å²) in [5.74, 6) is 0.662. The first-order valence-corrected chi connectivity index (χ1v) is 8.89. The summed E-state index contributed by atoms with van der Waals surface area (Å²) in [4.78, 5) is 27.7. The van der Waals surface area contributed by atoms with E-state index >= 15 is 0 Å². The van der Waals surface area contributed by atoms with Gasteiger partial charge in [-0.05, 0) is 42.0 Å². The Morgan fingerprint density at radius 2 is 1.93 bits per heavy atom. The largest absolute Gasteiger partial charge is 0.492 e. The molecule has 1 aliphatic heterocycles. The molecule has 0 fully saturated rings. The molecule has 1 atom stereocenters. The van der Waals surface area contributed by atoms with Gasteiger partial charge in [-0.25, -0.2) is 0 Å². The summed E-state index contributed by atoms with van der Waals surface area (Å²) in [6.45, 7) is 0.369. The van der Waals surface area contributed by atoms with Crippen molar-refractivity contribution in [3.05, 3.63) is 89.2 Å². The maximum atomic E-state index is 12.0. The van der Waals surface area contributed by atoms with E-state index in [1.807, 2.05) is 18.2 Å². The van der Waals surface area contributed by atoms with Gasteiger partial charge in [0.05, 0.1) is 17.9 Å². The van der Waals surface area contributed by atoms with Gasteiger partial charge in [-0.3, -0.25) is 14.6 Å². The van der Waals surface area contributed by atoms with Gasteiger partial charge in [0.2, 0.25) is 5.91 Å². The number of aromatic nitrogens is 1. The van der Waals surface area contributed by atoms with E-state index in [0.29, 0.717) is 41.3 Å². The van der Waals surface area contributed by atoms with Gasteiger partial charge in [0, 0.05) is 24.2 Å². The fourth-order valence-electron chi connectivity index (χ4n) is 3.10. The van der Waals surface area contributed by atoms with Crippen molar-refractivity contribution in [2.24, 2.45) is 5.73 Å². The number of hydrogen-bond donors (Lipinski definition) is 1. The Kier molecular flexibility index (Phi) is 4.76. The zero-order valence-corrected chi connectivity index (χ0v) is 15.0. The molecule has 2 aromatic carbocycles. The first-order chi connectivity index (χ1) is 13.6. The standard InChI is InChI=1S/C22H18N2O4/c23-22(26)15-6-4-14(5-7-15)21(18-3-1-2-11-24-18)28-16-8-9-17-19(25)10-12-27-20(17)13-16/h1-9,11,13,21H,10,12H2,(H2,23,26)/t21-/m1/s1. The molecular formula is C22H18N2O4. The van der Waals surface area contributed by atoms with Crippen molar-refractivity contribution in [2.75, 3.05) is 6.61 Å². The molecule has 1 amide bonds. The van der Waals surface area contributed by atoms with Crippen LogP contribution >= 0.6 is 0 Å². The first kappa shape index (κ1) is 17.7. The maximum absolute atomic E-state index is 12.0. The Morgan fingerprint density at radius 3 is 2.64 bits per heavy atom. The Hall–Kier alpha value is -3.67. The fraction of sp³-hybridized carbons (Fsp3) is 0.136. The van der Waals surface area contributed by atoms with Crippen LogP contribution in [0.3, 0.4) is 0 Å². The summed E-state index contributed by atoms with van der Waals surface area (Å²) in [7, 11) is 0. The number of benzene rings is 2. The van der Waals surface area contributed by atoms with Gasteiger partial charge in [0.15, 0.2) is 11.9 Å². The third-order valence-corrected chi connectivity index (χ3v) is 4.55. The minimum Gasteiger partial charge on any atom is -0.492 e. The molecule has 0 aliphatic carbocycles. The van der Waals surface area contributed by atoms with Crippen molar-refractivity contribution in [2.45, 2.75) is 12.5 Å². The Labute approximate surface area is 161 Å². The van der Waals surface area contributed by atoms with Gasteiger partial charge in [0.25, 0.3) is 0 Å². The third-order valence-electron chi connectivity index (χ3n) is 4.55. The second kappa shape index (κ2) is 7.52. The predicted molar refractivity (Wildman–Crippen MR) is 103 cm³/mol. The van der Waals surface area contributed by atoms with E-state index in [4.69, 9.17) is 15.2 Å². The van der Waals surface area contributed by atoms with Crippen LogP contribution in [-0.4, -0.2) is 23.3 Å². The smallest absolute Gasteiger partial charge is 0.248 e. The minimum absolute atomic E-state index is 0.0658. The van der Waals surface area contributed by atoms with Crippen LogP contribution in [0.2, 0.25) is 0 Å². The second-order valence-electron chi connectivity index (χ2n) is 6.42. The third kappa shape index (κ3) is 3.57. The summed E-state index contributed by atoms with van der Waals surface area (Å²) in [5.41, 5.74) is 7.85. The van der Waals surface area contributed by atoms with Crippen LogP contribution < -0.4 is 15.2 Å². The van der Waals surface area contributed by atoms with Crippen molar-refractivity contribution < 1.29 is 19.1 Å². The molecule has 3 aromatic rings. The number of nitrogens with two attached hydrogens (primary N) is 1. The predicted octanol–water partition coefficient (Wildman–Crippen LogP) is 3.31. The zero-order chi connectivity index (χ0) is 19.5. The molecule has 1 aliphatic rings. The monoisotopic (exact) mass is 374 g/mol. The molecular weight excluding hydrogens is 356 g/mol. The molecule has 0 bridgehead atoms. The van der Waals surface area contributed by atoms with E-state index in [1.54, 1.807) is 48.7 Å². The highest BCUT2D eigenvalue weighted by Gasteiger charge is 2.22. The van der Waals surface area contributed by atoms with Crippen molar-refractivity contribution >= 4 is 11.7 Å². The van der Waals surface area contributed by atoms with E-state index in [2.05, 4.69) is 4.98 Å². The van der Waals surface area contributed by atoms with Gasteiger partial charge >= 0.3 is 0 Å². The van der Waals surface area contributed by atoms with Crippen LogP contribution in [0.5, 0.6) is 11.5 Å². The number of ketones is 1. The molecule has 28 heavy (non-hydrogen) atoms. The molecule has 2 N–H and O–H groups in total. The highest BCUT2D eigenvalue weighted by Crippen LogP contribution is 2.33. The van der Waals surface area contributed by atoms with Crippen molar-refractivity contribution in [1.82, 2.24) is 4.98 Å². The van der Waals surface area contributed by atoms with Crippen LogP contribution in [0, 0.1) is 0 Å². The number of Topliss-reactive ketones (excluding diaryl/α,β-unsaturated/α-hetero) is 1. The molecule has 2 heterocycles. The van der Waals surface area contributed by atoms with E-state index in [1.165, 1.54) is 0 Å². The Bertz CT molecular complexity index is 1020. The lowest BCUT2D eigenvalue weighted by Gasteiger charge is -2.21. The molecule has 6 nitrogen and oxygen atoms in total. The lowest BCUT2D eigenvalue weighted by Crippen LogP contribution is -2.16. The van der Waals surface area contributed by atoms with Gasteiger partial charge in [-0.15, -0.1) is 0 Å². The average Bonchev–Trinajstić information content (AvgIpc) is 2.73. The number of ether oxygens (including phenoxy) is 2. The Balaban J connectivity index is 1.68. The van der Waals surface area contributed by atoms with Gasteiger partial charge < -0.3 is 15.2 Å². The summed E-state index contributed by atoms with van der Waals surface area (Å²) >= 11 is 0. The molecule has 1 aromatic heterocycles. The highest BCUT2D eigenvalue weighted by atomic mass is 16.5. The number of carbonyl (C=O) groups is 2. The number of rotatable bonds is 5. The summed E-state index contributed by atoms with van der Waals surface area (Å²) in [6, 6.07) is 17.7. The molecule has 0 saturated heterocycles. The van der Waals surface area contributed by atoms with E-state index in [-0.39, 0.29) is 5.78 Å². The Morgan fingerprint density at radius 1 is 1.11 bits per heavy atom. The van der Waals surface area contributed by atoms with E-state index in [0.717, 1.165) is 5.56 Å². The van der Waals surface area contributed by atoms with E-state index in [9.17, 15) is 9.59 Å². The lowest BCUT2D eigenvalue weighted by molar-refractivity contribution is 0.0932. The summed E-state index contributed by atoms with van der Waals surface area (Å²) < 4.78 is 11.8. The first-order valence-electron chi connectivity index (χ1n) is 8.89. The normalized spacial score (nSPS) is 13.9. The second-order valence-corrected chi connectivity index (χ2v) is 6.42. The van der Waals surface area contributed by atoms with Crippen LogP contribution in [0.4, 0.5) is 0 Å². The number of carbonyl (C=O) groups excluding carboxylic acids is 2. The number of pyridine rings is 1. The van der Waals surface area contributed by atoms with Gasteiger partial charge in [-0.2, -0.15) is 0 Å². The van der Waals surface area contributed by atoms with Crippen LogP contribution in [0.1, 0.15) is 44.5 Å². The van der Waals surface area contributed by atoms with Crippen molar-refractivity contribution in [1.29, 1.82) is 0 Å². The molecule has 6 heteroatoms. The number of nitrogens with zero attached hydrogens (tertiary/aromatic N) is 1. The molecule has 4 rings (SSSR count). The average molecular weight is 374 g/mol. The van der Waals surface area contributed by atoms with Gasteiger partial charge in [0.1, 0.15) is 11.5 Å². The maximum Gasteiger partial charge on any atom is 0.248 e. The number of primary amides is 1. The van der Waals surface area contributed by atoms with E-state index < -0.39 is 12.0 Å². The molecule has 0 unspecified atom stereocenters. The number of amides is 1. The SMILES string of the molecule is NC(=O)c1ccc([C@@H](Oc2ccc3c(c2)OCCC3=O)c2ccccn2)cc1. The van der Waals surface area contributed by atoms with Crippen molar-refractivity contribution in [3.8, 4) is 11.5 Å². The summed E-state index contributed by atoms with van der Waals surface area (Å²) in [5, 5.41) is 0. The van der Waals surface area contributed by atoms with Crippen LogP contribution in [-0.2, 0) is 0 Å². The quantitative estimate of drug-likeness (QED) is 0.740. The molecule has 140 valence electrons. The van der Waals surface area contributed by atoms with Gasteiger partial charge in [-0.1, -0.05) is 18.2 Å². The molecule has 0 spiro atoms. The lowest BCUT2D eigenvalue weighted by atomic mass is 10.0. The number of hydrogen-bond acceptors (Lipinski definition) is 5. The van der Waals surface area contributed by atoms with Crippen LogP contribution in [0.25, 0.3) is 0 Å². The van der Waals surface area contributed by atoms with Crippen molar-refractivity contribution in [3.63, 3.8) is 0 Å². The summed E-state index contributed by atoms with van der Waals surface area (Å²) in [6.07, 6.45) is 1.58. The topological polar surface area (TPSA) is 91.5 Å². The molecule has 0 radical (unpaired) electrons. The zero-order valence-electron chi connectivity index (χ0n) is 15.0. The molecule has 0 saturated carbocycles. The fourth-order valence-corrected chi connectivity index (χ4v) is 3.10. The minimum atomic E-state index is -0.500. The van der Waals surface area contributed by atoms with Crippen LogP contribution in [0.15, 0.2) is 66.9 Å².